The van der Waals surface area contributed by atoms with Crippen LogP contribution in [0.1, 0.15) is 25.5 Å². The molecule has 0 aliphatic rings. The largest absolute Gasteiger partial charge is 0.313 e. The highest BCUT2D eigenvalue weighted by molar-refractivity contribution is 6.30. The third-order valence-electron chi connectivity index (χ3n) is 2.21. The fraction of sp³-hybridized carbons (Fsp3) is 0.455. The molecule has 80 valence electrons. The third-order valence-corrected chi connectivity index (χ3v) is 2.46. The standard InChI is InChI=1S/C11H16ClN.ClH/c1-8(2)11(13-3)9-4-6-10(12)7-5-9;/h4-8,11,13H,1-3H3;1H. The van der Waals surface area contributed by atoms with Crippen LogP contribution >= 0.6 is 24.0 Å². The van der Waals surface area contributed by atoms with E-state index in [9.17, 15) is 0 Å². The van der Waals surface area contributed by atoms with Gasteiger partial charge in [-0.25, -0.2) is 0 Å². The average molecular weight is 234 g/mol. The Bertz CT molecular complexity index is 256. The molecule has 0 amide bonds. The lowest BCUT2D eigenvalue weighted by atomic mass is 9.96. The van der Waals surface area contributed by atoms with Crippen LogP contribution in [0.15, 0.2) is 24.3 Å². The van der Waals surface area contributed by atoms with Crippen LogP contribution < -0.4 is 5.32 Å². The summed E-state index contributed by atoms with van der Waals surface area (Å²) in [6.07, 6.45) is 0. The molecule has 1 aromatic carbocycles. The first-order valence-corrected chi connectivity index (χ1v) is 4.95. The summed E-state index contributed by atoms with van der Waals surface area (Å²) < 4.78 is 0. The second kappa shape index (κ2) is 6.28. The Labute approximate surface area is 97.3 Å². The molecule has 3 heteroatoms. The maximum atomic E-state index is 5.82. The molecule has 0 fully saturated rings. The van der Waals surface area contributed by atoms with E-state index in [1.807, 2.05) is 19.2 Å². The van der Waals surface area contributed by atoms with Crippen LogP contribution in [0.25, 0.3) is 0 Å². The van der Waals surface area contributed by atoms with Gasteiger partial charge >= 0.3 is 0 Å². The van der Waals surface area contributed by atoms with Gasteiger partial charge in [-0.15, -0.1) is 12.4 Å². The number of benzene rings is 1. The smallest absolute Gasteiger partial charge is 0.0406 e. The highest BCUT2D eigenvalue weighted by atomic mass is 35.5. The fourth-order valence-electron chi connectivity index (χ4n) is 1.56. The van der Waals surface area contributed by atoms with Gasteiger partial charge in [-0.2, -0.15) is 0 Å². The van der Waals surface area contributed by atoms with E-state index in [-0.39, 0.29) is 12.4 Å². The minimum absolute atomic E-state index is 0. The van der Waals surface area contributed by atoms with Crippen LogP contribution in [0.5, 0.6) is 0 Å². The van der Waals surface area contributed by atoms with Crippen molar-refractivity contribution in [2.24, 2.45) is 5.92 Å². The summed E-state index contributed by atoms with van der Waals surface area (Å²) in [7, 11) is 1.99. The van der Waals surface area contributed by atoms with Gasteiger partial charge in [0.05, 0.1) is 0 Å². The first-order chi connectivity index (χ1) is 6.15. The summed E-state index contributed by atoms with van der Waals surface area (Å²) in [6.45, 7) is 4.41. The Kier molecular flexibility index (Phi) is 6.17. The predicted octanol–water partition coefficient (Wildman–Crippen LogP) is 3.68. The van der Waals surface area contributed by atoms with E-state index in [1.165, 1.54) is 5.56 Å². The van der Waals surface area contributed by atoms with E-state index >= 15 is 0 Å². The Morgan fingerprint density at radius 3 is 2.00 bits per heavy atom. The van der Waals surface area contributed by atoms with Gasteiger partial charge < -0.3 is 5.32 Å². The second-order valence-electron chi connectivity index (χ2n) is 3.56. The minimum Gasteiger partial charge on any atom is -0.313 e. The molecular formula is C11H17Cl2N. The summed E-state index contributed by atoms with van der Waals surface area (Å²) in [6, 6.07) is 8.43. The van der Waals surface area contributed by atoms with Gasteiger partial charge in [0, 0.05) is 11.1 Å². The van der Waals surface area contributed by atoms with E-state index in [0.29, 0.717) is 12.0 Å². The lowest BCUT2D eigenvalue weighted by molar-refractivity contribution is 0.443. The van der Waals surface area contributed by atoms with Gasteiger partial charge in [-0.1, -0.05) is 37.6 Å². The van der Waals surface area contributed by atoms with Crippen LogP contribution in [0, 0.1) is 5.92 Å². The molecule has 0 bridgehead atoms. The molecule has 0 aliphatic heterocycles. The molecule has 0 saturated heterocycles. The first-order valence-electron chi connectivity index (χ1n) is 4.58. The summed E-state index contributed by atoms with van der Waals surface area (Å²) >= 11 is 5.82. The highest BCUT2D eigenvalue weighted by Crippen LogP contribution is 2.22. The molecular weight excluding hydrogens is 217 g/mol. The molecule has 1 N–H and O–H groups in total. The summed E-state index contributed by atoms with van der Waals surface area (Å²) in [5.41, 5.74) is 1.29. The van der Waals surface area contributed by atoms with E-state index in [1.54, 1.807) is 0 Å². The molecule has 1 atom stereocenters. The Hall–Kier alpha value is -0.240. The van der Waals surface area contributed by atoms with E-state index < -0.39 is 0 Å². The van der Waals surface area contributed by atoms with Gasteiger partial charge in [-0.05, 0) is 30.7 Å². The van der Waals surface area contributed by atoms with Crippen molar-refractivity contribution in [3.63, 3.8) is 0 Å². The van der Waals surface area contributed by atoms with Gasteiger partial charge in [0.2, 0.25) is 0 Å². The molecule has 1 rings (SSSR count). The Morgan fingerprint density at radius 2 is 1.64 bits per heavy atom. The zero-order valence-corrected chi connectivity index (χ0v) is 10.3. The zero-order chi connectivity index (χ0) is 9.84. The number of halogens is 2. The van der Waals surface area contributed by atoms with Crippen LogP contribution in [0.4, 0.5) is 0 Å². The van der Waals surface area contributed by atoms with E-state index in [2.05, 4.69) is 31.3 Å². The van der Waals surface area contributed by atoms with Crippen molar-refractivity contribution in [2.75, 3.05) is 7.05 Å². The minimum atomic E-state index is 0. The normalized spacial score (nSPS) is 12.4. The van der Waals surface area contributed by atoms with Gasteiger partial charge in [0.25, 0.3) is 0 Å². The number of nitrogens with one attached hydrogen (secondary N) is 1. The van der Waals surface area contributed by atoms with E-state index in [4.69, 9.17) is 11.6 Å². The van der Waals surface area contributed by atoms with Crippen molar-refractivity contribution in [1.82, 2.24) is 5.32 Å². The molecule has 0 radical (unpaired) electrons. The third kappa shape index (κ3) is 3.49. The average Bonchev–Trinajstić information content (AvgIpc) is 2.09. The predicted molar refractivity (Wildman–Crippen MR) is 65.3 cm³/mol. The quantitative estimate of drug-likeness (QED) is 0.841. The van der Waals surface area contributed by atoms with Crippen molar-refractivity contribution in [3.05, 3.63) is 34.9 Å². The first kappa shape index (κ1) is 13.8. The molecule has 0 spiro atoms. The monoisotopic (exact) mass is 233 g/mol. The van der Waals surface area contributed by atoms with Crippen molar-refractivity contribution >= 4 is 24.0 Å². The lowest BCUT2D eigenvalue weighted by Crippen LogP contribution is -2.21. The summed E-state index contributed by atoms with van der Waals surface area (Å²) in [5.74, 6) is 0.589. The molecule has 0 heterocycles. The molecule has 14 heavy (non-hydrogen) atoms. The number of hydrogen-bond donors (Lipinski definition) is 1. The van der Waals surface area contributed by atoms with Crippen LogP contribution in [-0.4, -0.2) is 7.05 Å². The fourth-order valence-corrected chi connectivity index (χ4v) is 1.68. The number of rotatable bonds is 3. The molecule has 1 nitrogen and oxygen atoms in total. The lowest BCUT2D eigenvalue weighted by Gasteiger charge is -2.20. The number of hydrogen-bond acceptors (Lipinski definition) is 1. The van der Waals surface area contributed by atoms with Crippen LogP contribution in [-0.2, 0) is 0 Å². The van der Waals surface area contributed by atoms with Crippen LogP contribution in [0.2, 0.25) is 5.02 Å². The highest BCUT2D eigenvalue weighted by Gasteiger charge is 2.12. The molecule has 1 aromatic rings. The van der Waals surface area contributed by atoms with Gasteiger partial charge in [0.15, 0.2) is 0 Å². The Morgan fingerprint density at radius 1 is 1.14 bits per heavy atom. The maximum Gasteiger partial charge on any atom is 0.0406 e. The summed E-state index contributed by atoms with van der Waals surface area (Å²) in [4.78, 5) is 0. The second-order valence-corrected chi connectivity index (χ2v) is 4.00. The van der Waals surface area contributed by atoms with Gasteiger partial charge in [-0.3, -0.25) is 0 Å². The van der Waals surface area contributed by atoms with Crippen molar-refractivity contribution in [3.8, 4) is 0 Å². The van der Waals surface area contributed by atoms with Crippen LogP contribution in [0.3, 0.4) is 0 Å². The Balaban J connectivity index is 0.00000169. The molecule has 0 aliphatic carbocycles. The van der Waals surface area contributed by atoms with Crippen molar-refractivity contribution in [1.29, 1.82) is 0 Å². The maximum absolute atomic E-state index is 5.82. The zero-order valence-electron chi connectivity index (χ0n) is 8.75. The van der Waals surface area contributed by atoms with Crippen molar-refractivity contribution < 1.29 is 0 Å². The molecule has 1 unspecified atom stereocenters. The SMILES string of the molecule is CNC(c1ccc(Cl)cc1)C(C)C.Cl. The van der Waals surface area contributed by atoms with Crippen molar-refractivity contribution in [2.45, 2.75) is 19.9 Å². The molecule has 0 aromatic heterocycles. The molecule has 0 saturated carbocycles. The topological polar surface area (TPSA) is 12.0 Å². The summed E-state index contributed by atoms with van der Waals surface area (Å²) in [5, 5.41) is 4.09. The van der Waals surface area contributed by atoms with Gasteiger partial charge in [0.1, 0.15) is 0 Å². The van der Waals surface area contributed by atoms with E-state index in [0.717, 1.165) is 5.02 Å².